The molecule has 0 unspecified atom stereocenters. The van der Waals surface area contributed by atoms with Gasteiger partial charge in [-0.2, -0.15) is 0 Å². The third-order valence-electron chi connectivity index (χ3n) is 5.68. The fourth-order valence-electron chi connectivity index (χ4n) is 3.92. The number of hydrogen-bond donors (Lipinski definition) is 0. The van der Waals surface area contributed by atoms with Gasteiger partial charge in [0, 0.05) is 56.1 Å². The predicted molar refractivity (Wildman–Crippen MR) is 108 cm³/mol. The standard InChI is InChI=1S/C22H25N3O2/c1-15(16-5-4-6-23-14-16)18-11-17-12-20(25-9-7-24(2)8-10-25)21(27-3)13-19(17)22(18)26/h4-6,12-14H,7-11H2,1-3H3/b18-15+. The van der Waals surface area contributed by atoms with Crippen LogP contribution in [0.25, 0.3) is 5.57 Å². The summed E-state index contributed by atoms with van der Waals surface area (Å²) in [5.74, 6) is 0.890. The number of benzene rings is 1. The van der Waals surface area contributed by atoms with Crippen molar-refractivity contribution in [3.05, 3.63) is 58.9 Å². The van der Waals surface area contributed by atoms with E-state index in [0.717, 1.165) is 65.5 Å². The van der Waals surface area contributed by atoms with Crippen LogP contribution in [0.4, 0.5) is 5.69 Å². The molecule has 4 rings (SSSR count). The summed E-state index contributed by atoms with van der Waals surface area (Å²) in [7, 11) is 3.83. The van der Waals surface area contributed by atoms with E-state index >= 15 is 0 Å². The molecule has 5 heteroatoms. The van der Waals surface area contributed by atoms with Crippen molar-refractivity contribution >= 4 is 17.0 Å². The Morgan fingerprint density at radius 2 is 1.96 bits per heavy atom. The minimum atomic E-state index is 0.106. The van der Waals surface area contributed by atoms with Gasteiger partial charge >= 0.3 is 0 Å². The molecule has 0 spiro atoms. The lowest BCUT2D eigenvalue weighted by Gasteiger charge is -2.35. The first-order valence-electron chi connectivity index (χ1n) is 9.37. The van der Waals surface area contributed by atoms with E-state index < -0.39 is 0 Å². The van der Waals surface area contributed by atoms with Crippen molar-refractivity contribution < 1.29 is 9.53 Å². The Labute approximate surface area is 160 Å². The quantitative estimate of drug-likeness (QED) is 0.785. The summed E-state index contributed by atoms with van der Waals surface area (Å²) in [6.45, 7) is 6.01. The van der Waals surface area contributed by atoms with Gasteiger partial charge in [0.2, 0.25) is 0 Å². The highest BCUT2D eigenvalue weighted by Gasteiger charge is 2.30. The van der Waals surface area contributed by atoms with Gasteiger partial charge in [-0.3, -0.25) is 9.78 Å². The summed E-state index contributed by atoms with van der Waals surface area (Å²) in [6, 6.07) is 7.98. The van der Waals surface area contributed by atoms with E-state index in [1.54, 1.807) is 13.3 Å². The molecule has 0 radical (unpaired) electrons. The van der Waals surface area contributed by atoms with Crippen LogP contribution in [-0.4, -0.2) is 56.0 Å². The Kier molecular flexibility index (Phi) is 4.70. The number of ketones is 1. The molecule has 2 heterocycles. The van der Waals surface area contributed by atoms with Gasteiger partial charge in [-0.15, -0.1) is 0 Å². The second-order valence-corrected chi connectivity index (χ2v) is 7.32. The van der Waals surface area contributed by atoms with Crippen molar-refractivity contribution in [1.82, 2.24) is 9.88 Å². The van der Waals surface area contributed by atoms with Crippen LogP contribution in [0, 0.1) is 0 Å². The number of allylic oxidation sites excluding steroid dienone is 2. The minimum absolute atomic E-state index is 0.106. The summed E-state index contributed by atoms with van der Waals surface area (Å²) in [4.78, 5) is 21.9. The van der Waals surface area contributed by atoms with Crippen molar-refractivity contribution in [2.45, 2.75) is 13.3 Å². The molecule has 27 heavy (non-hydrogen) atoms. The van der Waals surface area contributed by atoms with Gasteiger partial charge in [-0.05, 0) is 48.9 Å². The number of fused-ring (bicyclic) bond motifs is 1. The third kappa shape index (κ3) is 3.23. The largest absolute Gasteiger partial charge is 0.495 e. The average molecular weight is 363 g/mol. The van der Waals surface area contributed by atoms with Gasteiger partial charge in [0.15, 0.2) is 5.78 Å². The van der Waals surface area contributed by atoms with Gasteiger partial charge in [0.25, 0.3) is 0 Å². The molecular formula is C22H25N3O2. The molecule has 0 amide bonds. The molecule has 2 aliphatic rings. The van der Waals surface area contributed by atoms with Crippen LogP contribution in [-0.2, 0) is 6.42 Å². The zero-order valence-corrected chi connectivity index (χ0v) is 16.2. The van der Waals surface area contributed by atoms with Crippen LogP contribution in [0.2, 0.25) is 0 Å². The zero-order chi connectivity index (χ0) is 19.0. The lowest BCUT2D eigenvalue weighted by atomic mass is 10.0. The first-order valence-corrected chi connectivity index (χ1v) is 9.37. The molecule has 1 saturated heterocycles. The summed E-state index contributed by atoms with van der Waals surface area (Å²) >= 11 is 0. The molecule has 1 aliphatic carbocycles. The highest BCUT2D eigenvalue weighted by Crippen LogP contribution is 2.39. The number of Topliss-reactive ketones (excluding diaryl/α,β-unsaturated/α-hetero) is 1. The third-order valence-corrected chi connectivity index (χ3v) is 5.68. The fraction of sp³-hybridized carbons (Fsp3) is 0.364. The number of anilines is 1. The molecule has 1 aromatic heterocycles. The maximum atomic E-state index is 13.1. The fourth-order valence-corrected chi connectivity index (χ4v) is 3.92. The molecule has 0 N–H and O–H groups in total. The number of methoxy groups -OCH3 is 1. The van der Waals surface area contributed by atoms with Crippen molar-refractivity contribution in [3.63, 3.8) is 0 Å². The molecule has 2 aromatic rings. The van der Waals surface area contributed by atoms with Gasteiger partial charge in [-0.1, -0.05) is 6.07 Å². The van der Waals surface area contributed by atoms with E-state index in [1.807, 2.05) is 31.3 Å². The zero-order valence-electron chi connectivity index (χ0n) is 16.2. The molecule has 0 saturated carbocycles. The maximum Gasteiger partial charge on any atom is 0.190 e. The maximum absolute atomic E-state index is 13.1. The molecule has 0 bridgehead atoms. The number of rotatable bonds is 3. The first-order chi connectivity index (χ1) is 13.1. The molecule has 140 valence electrons. The van der Waals surface area contributed by atoms with E-state index in [9.17, 15) is 4.79 Å². The minimum Gasteiger partial charge on any atom is -0.495 e. The van der Waals surface area contributed by atoms with E-state index in [1.165, 1.54) is 0 Å². The number of carbonyl (C=O) groups excluding carboxylic acids is 1. The summed E-state index contributed by atoms with van der Waals surface area (Å²) in [5, 5.41) is 0. The number of pyridine rings is 1. The Morgan fingerprint density at radius 1 is 1.19 bits per heavy atom. The molecule has 1 aromatic carbocycles. The molecule has 1 aliphatic heterocycles. The van der Waals surface area contributed by atoms with Crippen LogP contribution in [0.1, 0.15) is 28.4 Å². The topological polar surface area (TPSA) is 45.7 Å². The van der Waals surface area contributed by atoms with Gasteiger partial charge < -0.3 is 14.5 Å². The van der Waals surface area contributed by atoms with E-state index in [-0.39, 0.29) is 5.78 Å². The van der Waals surface area contributed by atoms with Crippen molar-refractivity contribution in [2.24, 2.45) is 0 Å². The SMILES string of the molecule is COc1cc2c(cc1N1CCN(C)CC1)C/C(=C(/C)c1cccnc1)C2=O. The van der Waals surface area contributed by atoms with E-state index in [2.05, 4.69) is 27.9 Å². The lowest BCUT2D eigenvalue weighted by Crippen LogP contribution is -2.44. The van der Waals surface area contributed by atoms with Gasteiger partial charge in [0.1, 0.15) is 5.75 Å². The molecule has 5 nitrogen and oxygen atoms in total. The highest BCUT2D eigenvalue weighted by atomic mass is 16.5. The number of ether oxygens (including phenoxy) is 1. The smallest absolute Gasteiger partial charge is 0.190 e. The molecule has 1 fully saturated rings. The Morgan fingerprint density at radius 3 is 2.63 bits per heavy atom. The molecular weight excluding hydrogens is 338 g/mol. The second kappa shape index (κ2) is 7.16. The Bertz CT molecular complexity index is 897. The van der Waals surface area contributed by atoms with Crippen LogP contribution in [0.3, 0.4) is 0 Å². The predicted octanol–water partition coefficient (Wildman–Crippen LogP) is 3.05. The first kappa shape index (κ1) is 17.7. The normalized spacial score (nSPS) is 19.2. The van der Waals surface area contributed by atoms with Crippen molar-refractivity contribution in [2.75, 3.05) is 45.2 Å². The summed E-state index contributed by atoms with van der Waals surface area (Å²) in [6.07, 6.45) is 4.23. The average Bonchev–Trinajstić information content (AvgIpc) is 3.03. The summed E-state index contributed by atoms with van der Waals surface area (Å²) in [5.41, 5.74) is 5.81. The van der Waals surface area contributed by atoms with Crippen LogP contribution < -0.4 is 9.64 Å². The van der Waals surface area contributed by atoms with E-state index in [0.29, 0.717) is 6.42 Å². The number of aromatic nitrogens is 1. The Balaban J connectivity index is 1.71. The number of hydrogen-bond acceptors (Lipinski definition) is 5. The molecule has 0 atom stereocenters. The lowest BCUT2D eigenvalue weighted by molar-refractivity contribution is 0.104. The summed E-state index contributed by atoms with van der Waals surface area (Å²) < 4.78 is 5.65. The van der Waals surface area contributed by atoms with E-state index in [4.69, 9.17) is 4.74 Å². The van der Waals surface area contributed by atoms with Crippen LogP contribution in [0.15, 0.2) is 42.2 Å². The Hall–Kier alpha value is -2.66. The monoisotopic (exact) mass is 363 g/mol. The number of carbonyl (C=O) groups is 1. The van der Waals surface area contributed by atoms with Gasteiger partial charge in [-0.25, -0.2) is 0 Å². The van der Waals surface area contributed by atoms with Crippen molar-refractivity contribution in [3.8, 4) is 5.75 Å². The second-order valence-electron chi connectivity index (χ2n) is 7.32. The van der Waals surface area contributed by atoms with Gasteiger partial charge in [0.05, 0.1) is 12.8 Å². The van der Waals surface area contributed by atoms with Crippen LogP contribution in [0.5, 0.6) is 5.75 Å². The number of nitrogens with zero attached hydrogens (tertiary/aromatic N) is 3. The highest BCUT2D eigenvalue weighted by molar-refractivity contribution is 6.17. The van der Waals surface area contributed by atoms with Crippen molar-refractivity contribution in [1.29, 1.82) is 0 Å². The van der Waals surface area contributed by atoms with Crippen LogP contribution >= 0.6 is 0 Å². The number of piperazine rings is 1. The number of likely N-dealkylation sites (N-methyl/N-ethyl adjacent to an activating group) is 1.